The molecule has 0 spiro atoms. The van der Waals surface area contributed by atoms with Crippen LogP contribution in [0.4, 0.5) is 13.2 Å². The fraction of sp³-hybridized carbons (Fsp3) is 0.909. The van der Waals surface area contributed by atoms with Crippen LogP contribution in [0.3, 0.4) is 0 Å². The average molecular weight is 254 g/mol. The number of nitrogens with zero attached hydrogens (tertiary/aromatic N) is 1. The zero-order chi connectivity index (χ0) is 13.6. The Hall–Kier alpha value is -0.780. The van der Waals surface area contributed by atoms with Crippen molar-refractivity contribution in [2.75, 3.05) is 13.1 Å². The summed E-state index contributed by atoms with van der Waals surface area (Å²) in [5.74, 6) is -0.524. The lowest BCUT2D eigenvalue weighted by molar-refractivity contribution is -0.162. The van der Waals surface area contributed by atoms with Gasteiger partial charge in [-0.15, -0.1) is 0 Å². The molecule has 2 N–H and O–H groups in total. The van der Waals surface area contributed by atoms with Gasteiger partial charge in [-0.3, -0.25) is 4.79 Å². The standard InChI is InChI=1S/C11H21F3N2O/c1-4-9(15)5-10(17)16(6-8(2)3)7-11(12,13)14/h8-9H,4-7,15H2,1-3H3. The number of carbonyl (C=O) groups is 1. The SMILES string of the molecule is CCC(N)CC(=O)N(CC(C)C)CC(F)(F)F. The van der Waals surface area contributed by atoms with Crippen molar-refractivity contribution in [2.45, 2.75) is 45.8 Å². The summed E-state index contributed by atoms with van der Waals surface area (Å²) in [6, 6.07) is -0.370. The van der Waals surface area contributed by atoms with Crippen molar-refractivity contribution >= 4 is 5.91 Å². The van der Waals surface area contributed by atoms with E-state index in [0.29, 0.717) is 6.42 Å². The minimum absolute atomic E-state index is 0.000786. The minimum atomic E-state index is -4.36. The van der Waals surface area contributed by atoms with Gasteiger partial charge >= 0.3 is 6.18 Å². The molecule has 0 aromatic carbocycles. The summed E-state index contributed by atoms with van der Waals surface area (Å²) in [7, 11) is 0. The van der Waals surface area contributed by atoms with Crippen LogP contribution < -0.4 is 5.73 Å². The van der Waals surface area contributed by atoms with E-state index < -0.39 is 18.6 Å². The second-order valence-electron chi connectivity index (χ2n) is 4.66. The number of rotatable bonds is 6. The largest absolute Gasteiger partial charge is 0.406 e. The number of hydrogen-bond acceptors (Lipinski definition) is 2. The first-order chi connectivity index (χ1) is 7.65. The predicted octanol–water partition coefficient (Wildman–Crippen LogP) is 2.16. The van der Waals surface area contributed by atoms with Crippen molar-refractivity contribution in [2.24, 2.45) is 11.7 Å². The lowest BCUT2D eigenvalue weighted by Gasteiger charge is -2.26. The zero-order valence-electron chi connectivity index (χ0n) is 10.5. The molecule has 0 rings (SSSR count). The van der Waals surface area contributed by atoms with E-state index in [0.717, 1.165) is 4.90 Å². The van der Waals surface area contributed by atoms with E-state index in [4.69, 9.17) is 5.73 Å². The van der Waals surface area contributed by atoms with Gasteiger partial charge in [0, 0.05) is 19.0 Å². The van der Waals surface area contributed by atoms with Gasteiger partial charge < -0.3 is 10.6 Å². The van der Waals surface area contributed by atoms with Crippen LogP contribution in [-0.4, -0.2) is 36.1 Å². The third-order valence-electron chi connectivity index (χ3n) is 2.27. The van der Waals surface area contributed by atoms with Crippen molar-refractivity contribution in [3.05, 3.63) is 0 Å². The molecule has 1 unspecified atom stereocenters. The smallest absolute Gasteiger partial charge is 0.333 e. The van der Waals surface area contributed by atoms with Crippen molar-refractivity contribution in [1.82, 2.24) is 4.90 Å². The molecule has 0 saturated heterocycles. The first-order valence-corrected chi connectivity index (χ1v) is 5.75. The Labute approximate surface area is 100 Å². The van der Waals surface area contributed by atoms with E-state index in [1.807, 2.05) is 0 Å². The average Bonchev–Trinajstić information content (AvgIpc) is 2.13. The number of nitrogens with two attached hydrogens (primary N) is 1. The molecule has 0 fully saturated rings. The quantitative estimate of drug-likeness (QED) is 0.789. The molecule has 3 nitrogen and oxygen atoms in total. The number of halogens is 3. The lowest BCUT2D eigenvalue weighted by Crippen LogP contribution is -2.43. The van der Waals surface area contributed by atoms with Crippen molar-refractivity contribution in [1.29, 1.82) is 0 Å². The van der Waals surface area contributed by atoms with Gasteiger partial charge in [0.15, 0.2) is 0 Å². The maximum atomic E-state index is 12.3. The highest BCUT2D eigenvalue weighted by atomic mass is 19.4. The summed E-state index contributed by atoms with van der Waals surface area (Å²) < 4.78 is 36.9. The maximum Gasteiger partial charge on any atom is 0.406 e. The highest BCUT2D eigenvalue weighted by molar-refractivity contribution is 5.76. The molecule has 0 bridgehead atoms. The normalized spacial score (nSPS) is 13.9. The number of carbonyl (C=O) groups excluding carboxylic acids is 1. The van der Waals surface area contributed by atoms with Crippen LogP contribution in [0.25, 0.3) is 0 Å². The van der Waals surface area contributed by atoms with Gasteiger partial charge in [0.05, 0.1) is 0 Å². The molecule has 1 amide bonds. The lowest BCUT2D eigenvalue weighted by atomic mass is 10.1. The van der Waals surface area contributed by atoms with Gasteiger partial charge in [0.25, 0.3) is 0 Å². The fourth-order valence-corrected chi connectivity index (χ4v) is 1.41. The summed E-state index contributed by atoms with van der Waals surface area (Å²) >= 11 is 0. The van der Waals surface area contributed by atoms with Crippen LogP contribution in [0.1, 0.15) is 33.6 Å². The zero-order valence-corrected chi connectivity index (χ0v) is 10.5. The maximum absolute atomic E-state index is 12.3. The molecule has 1 atom stereocenters. The fourth-order valence-electron chi connectivity index (χ4n) is 1.41. The highest BCUT2D eigenvalue weighted by Gasteiger charge is 2.33. The summed E-state index contributed by atoms with van der Waals surface area (Å²) in [4.78, 5) is 12.5. The van der Waals surface area contributed by atoms with Crippen molar-refractivity contribution in [3.8, 4) is 0 Å². The van der Waals surface area contributed by atoms with Crippen molar-refractivity contribution < 1.29 is 18.0 Å². The molecule has 17 heavy (non-hydrogen) atoms. The molecule has 0 aliphatic rings. The van der Waals surface area contributed by atoms with E-state index in [2.05, 4.69) is 0 Å². The summed E-state index contributed by atoms with van der Waals surface area (Å²) in [6.07, 6.45) is -3.81. The number of hydrogen-bond donors (Lipinski definition) is 1. The first-order valence-electron chi connectivity index (χ1n) is 5.75. The van der Waals surface area contributed by atoms with Crippen LogP contribution in [-0.2, 0) is 4.79 Å². The van der Waals surface area contributed by atoms with Crippen LogP contribution >= 0.6 is 0 Å². The minimum Gasteiger partial charge on any atom is -0.333 e. The number of amides is 1. The molecule has 0 aromatic heterocycles. The Morgan fingerprint density at radius 2 is 1.88 bits per heavy atom. The van der Waals surface area contributed by atoms with E-state index in [9.17, 15) is 18.0 Å². The van der Waals surface area contributed by atoms with Crippen LogP contribution in [0, 0.1) is 5.92 Å². The molecule has 0 heterocycles. The molecular weight excluding hydrogens is 233 g/mol. The Morgan fingerprint density at radius 1 is 1.35 bits per heavy atom. The van der Waals surface area contributed by atoms with Crippen LogP contribution in [0.5, 0.6) is 0 Å². The molecule has 0 aliphatic carbocycles. The molecule has 0 aromatic rings. The summed E-state index contributed by atoms with van der Waals surface area (Å²) in [5, 5.41) is 0. The first kappa shape index (κ1) is 16.2. The van der Waals surface area contributed by atoms with E-state index in [1.165, 1.54) is 0 Å². The van der Waals surface area contributed by atoms with Gasteiger partial charge in [-0.25, -0.2) is 0 Å². The monoisotopic (exact) mass is 254 g/mol. The topological polar surface area (TPSA) is 46.3 Å². The third kappa shape index (κ3) is 8.01. The molecule has 6 heteroatoms. The number of alkyl halides is 3. The Balaban J connectivity index is 4.51. The molecule has 0 saturated carbocycles. The van der Waals surface area contributed by atoms with Gasteiger partial charge in [-0.05, 0) is 12.3 Å². The third-order valence-corrected chi connectivity index (χ3v) is 2.27. The highest BCUT2D eigenvalue weighted by Crippen LogP contribution is 2.18. The van der Waals surface area contributed by atoms with E-state index in [1.54, 1.807) is 20.8 Å². The van der Waals surface area contributed by atoms with Gasteiger partial charge in [-0.2, -0.15) is 13.2 Å². The molecule has 0 radical (unpaired) electrons. The Morgan fingerprint density at radius 3 is 2.24 bits per heavy atom. The van der Waals surface area contributed by atoms with Crippen molar-refractivity contribution in [3.63, 3.8) is 0 Å². The Kier molecular flexibility index (Phi) is 6.52. The predicted molar refractivity (Wildman–Crippen MR) is 60.4 cm³/mol. The van der Waals surface area contributed by atoms with E-state index >= 15 is 0 Å². The summed E-state index contributed by atoms with van der Waals surface area (Å²) in [6.45, 7) is 4.26. The molecule has 0 aliphatic heterocycles. The van der Waals surface area contributed by atoms with E-state index in [-0.39, 0.29) is 24.9 Å². The van der Waals surface area contributed by atoms with Gasteiger partial charge in [0.2, 0.25) is 5.91 Å². The molecule has 102 valence electrons. The van der Waals surface area contributed by atoms with Gasteiger partial charge in [0.1, 0.15) is 6.54 Å². The van der Waals surface area contributed by atoms with Crippen LogP contribution in [0.2, 0.25) is 0 Å². The summed E-state index contributed by atoms with van der Waals surface area (Å²) in [5.41, 5.74) is 5.58. The second-order valence-corrected chi connectivity index (χ2v) is 4.66. The molecular formula is C11H21F3N2O. The van der Waals surface area contributed by atoms with Crippen LogP contribution in [0.15, 0.2) is 0 Å². The van der Waals surface area contributed by atoms with Gasteiger partial charge in [-0.1, -0.05) is 20.8 Å². The Bertz CT molecular complexity index is 241. The second kappa shape index (κ2) is 6.83.